The van der Waals surface area contributed by atoms with Gasteiger partial charge in [0.1, 0.15) is 5.78 Å². The fourth-order valence-corrected chi connectivity index (χ4v) is 8.07. The highest BCUT2D eigenvalue weighted by atomic mass is 16.3. The van der Waals surface area contributed by atoms with Gasteiger partial charge in [-0.05, 0) is 105 Å². The lowest BCUT2D eigenvalue weighted by Crippen LogP contribution is -2.54. The van der Waals surface area contributed by atoms with Crippen LogP contribution in [0.3, 0.4) is 0 Å². The van der Waals surface area contributed by atoms with Gasteiger partial charge in [-0.15, -0.1) is 0 Å². The van der Waals surface area contributed by atoms with Crippen molar-refractivity contribution in [2.45, 2.75) is 83.8 Å². The van der Waals surface area contributed by atoms with Crippen LogP contribution in [-0.2, 0) is 4.79 Å². The molecular formula is C28H43NO5. The van der Waals surface area contributed by atoms with Crippen LogP contribution in [0.1, 0.15) is 83.3 Å². The van der Waals surface area contributed by atoms with E-state index < -0.39 is 6.10 Å². The summed E-state index contributed by atoms with van der Waals surface area (Å²) in [6.45, 7) is 5.19. The molecule has 6 heteroatoms. The maximum absolute atomic E-state index is 12.4. The molecule has 0 saturated heterocycles. The van der Waals surface area contributed by atoms with Gasteiger partial charge < -0.3 is 25.7 Å². The molecule has 4 aliphatic carbocycles. The molecular weight excluding hydrogens is 430 g/mol. The van der Waals surface area contributed by atoms with Crippen LogP contribution >= 0.6 is 0 Å². The second-order valence-corrected chi connectivity index (χ2v) is 11.8. The number of aromatic hydroxyl groups is 2. The number of carbonyl (C=O) groups excluding carboxylic acids is 1. The average Bonchev–Trinajstić information content (AvgIpc) is 3.11. The van der Waals surface area contributed by atoms with Crippen LogP contribution in [0.4, 0.5) is 0 Å². The SMILES string of the molecule is CNC[C@H](O)c1ccc(O)c(O)c1.C[C@]12CC[C@@H](O)C[C@@H]1CC[C@@H]1[C@@H]2CC[C@]2(C)C(=O)CC[C@@H]12. The van der Waals surface area contributed by atoms with E-state index in [1.54, 1.807) is 13.1 Å². The van der Waals surface area contributed by atoms with Gasteiger partial charge in [0, 0.05) is 18.4 Å². The molecule has 8 atom stereocenters. The number of benzene rings is 1. The zero-order valence-corrected chi connectivity index (χ0v) is 21.0. The van der Waals surface area contributed by atoms with E-state index in [4.69, 9.17) is 10.2 Å². The van der Waals surface area contributed by atoms with Crippen LogP contribution < -0.4 is 5.32 Å². The predicted molar refractivity (Wildman–Crippen MR) is 131 cm³/mol. The molecule has 4 aliphatic rings. The van der Waals surface area contributed by atoms with E-state index in [9.17, 15) is 15.0 Å². The molecule has 1 aromatic carbocycles. The van der Waals surface area contributed by atoms with Crippen LogP contribution in [0.15, 0.2) is 18.2 Å². The minimum absolute atomic E-state index is 0.0124. The van der Waals surface area contributed by atoms with Crippen molar-refractivity contribution in [2.24, 2.45) is 34.5 Å². The van der Waals surface area contributed by atoms with Crippen molar-refractivity contribution in [3.05, 3.63) is 23.8 Å². The zero-order chi connectivity index (χ0) is 24.7. The van der Waals surface area contributed by atoms with Crippen molar-refractivity contribution < 1.29 is 25.2 Å². The number of likely N-dealkylation sites (N-methyl/N-ethyl adjacent to an activating group) is 1. The molecule has 4 fully saturated rings. The lowest BCUT2D eigenvalue weighted by atomic mass is 9.45. The van der Waals surface area contributed by atoms with Gasteiger partial charge in [0.05, 0.1) is 12.2 Å². The van der Waals surface area contributed by atoms with Crippen LogP contribution in [0.2, 0.25) is 0 Å². The highest BCUT2D eigenvalue weighted by Gasteiger charge is 2.60. The molecule has 0 heterocycles. The number of Topliss-reactive ketones (excluding diaryl/α,β-unsaturated/α-hetero) is 1. The Bertz CT molecular complexity index is 890. The molecule has 0 spiro atoms. The quantitative estimate of drug-likeness (QED) is 0.419. The van der Waals surface area contributed by atoms with Gasteiger partial charge in [-0.3, -0.25) is 4.79 Å². The van der Waals surface area contributed by atoms with E-state index in [1.165, 1.54) is 37.8 Å². The Morgan fingerprint density at radius 1 is 1.03 bits per heavy atom. The molecule has 0 amide bonds. The zero-order valence-electron chi connectivity index (χ0n) is 21.0. The van der Waals surface area contributed by atoms with Gasteiger partial charge in [0.15, 0.2) is 11.5 Å². The highest BCUT2D eigenvalue weighted by molar-refractivity contribution is 5.87. The fourth-order valence-electron chi connectivity index (χ4n) is 8.07. The Morgan fingerprint density at radius 2 is 1.79 bits per heavy atom. The third-order valence-electron chi connectivity index (χ3n) is 10.1. The number of aliphatic hydroxyl groups is 2. The molecule has 34 heavy (non-hydrogen) atoms. The molecule has 0 aromatic heterocycles. The summed E-state index contributed by atoms with van der Waals surface area (Å²) in [7, 11) is 1.73. The number of phenols is 2. The Morgan fingerprint density at radius 3 is 2.50 bits per heavy atom. The molecule has 1 aromatic rings. The van der Waals surface area contributed by atoms with E-state index >= 15 is 0 Å². The van der Waals surface area contributed by atoms with Gasteiger partial charge in [-0.1, -0.05) is 19.9 Å². The summed E-state index contributed by atoms with van der Waals surface area (Å²) in [5, 5.41) is 40.5. The van der Waals surface area contributed by atoms with Gasteiger partial charge in [0.25, 0.3) is 0 Å². The molecule has 0 bridgehead atoms. The number of hydrogen-bond donors (Lipinski definition) is 5. The Labute approximate surface area is 203 Å². The summed E-state index contributed by atoms with van der Waals surface area (Å²) in [6.07, 6.45) is 9.48. The number of ketones is 1. The summed E-state index contributed by atoms with van der Waals surface area (Å²) in [5.74, 6) is 3.14. The summed E-state index contributed by atoms with van der Waals surface area (Å²) >= 11 is 0. The molecule has 0 radical (unpaired) electrons. The number of carbonyl (C=O) groups is 1. The lowest BCUT2D eigenvalue weighted by Gasteiger charge is -2.60. The van der Waals surface area contributed by atoms with Gasteiger partial charge in [0.2, 0.25) is 0 Å². The minimum atomic E-state index is -0.670. The Kier molecular flexibility index (Phi) is 7.33. The maximum atomic E-state index is 12.4. The average molecular weight is 474 g/mol. The number of aliphatic hydroxyl groups excluding tert-OH is 2. The first kappa shape index (κ1) is 25.5. The van der Waals surface area contributed by atoms with Crippen molar-refractivity contribution in [2.75, 3.05) is 13.6 Å². The van der Waals surface area contributed by atoms with Gasteiger partial charge in [-0.2, -0.15) is 0 Å². The van der Waals surface area contributed by atoms with Crippen LogP contribution in [0.5, 0.6) is 11.5 Å². The number of nitrogens with one attached hydrogen (secondary N) is 1. The molecule has 190 valence electrons. The van der Waals surface area contributed by atoms with E-state index in [2.05, 4.69) is 19.2 Å². The molecule has 6 nitrogen and oxygen atoms in total. The van der Waals surface area contributed by atoms with E-state index in [0.717, 1.165) is 49.9 Å². The molecule has 0 aliphatic heterocycles. The van der Waals surface area contributed by atoms with Crippen molar-refractivity contribution in [1.82, 2.24) is 5.32 Å². The van der Waals surface area contributed by atoms with E-state index in [0.29, 0.717) is 29.2 Å². The standard InChI is InChI=1S/C19H30O2.C9H13NO3/c1-18-9-7-13(20)11-12(18)3-4-14-15-5-6-17(21)19(15,2)10-8-16(14)18;1-10-5-9(13)6-2-3-7(11)8(12)4-6/h12-16,20H,3-11H2,1-2H3;2-4,9-13H,5H2,1H3/t12-,13+,14-,15-,16-,18-,19-;9-/m00/s1. The monoisotopic (exact) mass is 473 g/mol. The fraction of sp³-hybridized carbons (Fsp3) is 0.750. The first-order valence-corrected chi connectivity index (χ1v) is 13.2. The summed E-state index contributed by atoms with van der Waals surface area (Å²) in [4.78, 5) is 12.4. The van der Waals surface area contributed by atoms with Gasteiger partial charge in [-0.25, -0.2) is 0 Å². The number of fused-ring (bicyclic) bond motifs is 5. The molecule has 0 unspecified atom stereocenters. The Balaban J connectivity index is 0.000000182. The van der Waals surface area contributed by atoms with Crippen LogP contribution in [0, 0.1) is 34.5 Å². The third-order valence-corrected chi connectivity index (χ3v) is 10.1. The second-order valence-electron chi connectivity index (χ2n) is 11.8. The molecule has 5 N–H and O–H groups in total. The van der Waals surface area contributed by atoms with E-state index in [1.807, 2.05) is 0 Å². The number of phenolic OH excluding ortho intramolecular Hbond substituents is 2. The lowest BCUT2D eigenvalue weighted by molar-refractivity contribution is -0.142. The highest BCUT2D eigenvalue weighted by Crippen LogP contribution is 2.65. The summed E-state index contributed by atoms with van der Waals surface area (Å²) in [6, 6.07) is 4.26. The van der Waals surface area contributed by atoms with E-state index in [-0.39, 0.29) is 23.0 Å². The molecule has 4 saturated carbocycles. The summed E-state index contributed by atoms with van der Waals surface area (Å²) in [5.41, 5.74) is 1.03. The Hall–Kier alpha value is -1.63. The van der Waals surface area contributed by atoms with Crippen molar-refractivity contribution >= 4 is 5.78 Å². The normalized spacial score (nSPS) is 39.8. The first-order valence-electron chi connectivity index (χ1n) is 13.2. The first-order chi connectivity index (χ1) is 16.1. The second kappa shape index (κ2) is 9.79. The van der Waals surface area contributed by atoms with Gasteiger partial charge >= 0.3 is 0 Å². The number of hydrogen-bond acceptors (Lipinski definition) is 6. The topological polar surface area (TPSA) is 110 Å². The third kappa shape index (κ3) is 4.49. The van der Waals surface area contributed by atoms with Crippen LogP contribution in [0.25, 0.3) is 0 Å². The van der Waals surface area contributed by atoms with Crippen molar-refractivity contribution in [3.8, 4) is 11.5 Å². The van der Waals surface area contributed by atoms with Crippen LogP contribution in [-0.4, -0.2) is 45.9 Å². The number of rotatable bonds is 3. The maximum Gasteiger partial charge on any atom is 0.157 e. The molecule has 5 rings (SSSR count). The largest absolute Gasteiger partial charge is 0.504 e. The summed E-state index contributed by atoms with van der Waals surface area (Å²) < 4.78 is 0. The van der Waals surface area contributed by atoms with Crippen molar-refractivity contribution in [1.29, 1.82) is 0 Å². The smallest absolute Gasteiger partial charge is 0.157 e. The minimum Gasteiger partial charge on any atom is -0.504 e. The predicted octanol–water partition coefficient (Wildman–Crippen LogP) is 4.31. The van der Waals surface area contributed by atoms with Crippen molar-refractivity contribution in [3.63, 3.8) is 0 Å².